The van der Waals surface area contributed by atoms with Gasteiger partial charge < -0.3 is 4.42 Å². The summed E-state index contributed by atoms with van der Waals surface area (Å²) >= 11 is 0. The lowest BCUT2D eigenvalue weighted by atomic mass is 9.80. The standard InChI is InChI=1S/C49H32O/c1-49(2)41-22-12-11-16-33(41)34-25-23-30(27-42(34)49)45-36-18-7-9-20-38(36)46(39-21-10-8-19-37(39)45)40-28-44-48(35-17-6-5-15-32(35)40)47-31-14-4-3-13-29(31)24-26-43(47)50-44/h3-28H,1-2H3. The second-order valence-electron chi connectivity index (χ2n) is 14.4. The number of rotatable bonds is 2. The Bertz CT molecular complexity index is 3010. The third-order valence-electron chi connectivity index (χ3n) is 11.4. The van der Waals surface area contributed by atoms with E-state index in [0.29, 0.717) is 0 Å². The molecule has 0 radical (unpaired) electrons. The predicted octanol–water partition coefficient (Wildman–Crippen LogP) is 13.8. The maximum atomic E-state index is 6.74. The molecule has 1 nitrogen and oxygen atoms in total. The first-order valence-corrected chi connectivity index (χ1v) is 17.5. The first-order chi connectivity index (χ1) is 24.6. The molecule has 9 aromatic carbocycles. The summed E-state index contributed by atoms with van der Waals surface area (Å²) in [6, 6.07) is 58.1. The van der Waals surface area contributed by atoms with Crippen molar-refractivity contribution in [1.82, 2.24) is 0 Å². The minimum atomic E-state index is -0.0697. The van der Waals surface area contributed by atoms with Crippen molar-refractivity contribution < 1.29 is 4.42 Å². The molecule has 1 heterocycles. The van der Waals surface area contributed by atoms with Crippen LogP contribution in [0.25, 0.3) is 98.4 Å². The number of hydrogen-bond acceptors (Lipinski definition) is 1. The molecule has 0 aliphatic heterocycles. The van der Waals surface area contributed by atoms with Crippen LogP contribution in [0.2, 0.25) is 0 Å². The Labute approximate surface area is 290 Å². The van der Waals surface area contributed by atoms with Crippen molar-refractivity contribution in [2.45, 2.75) is 19.3 Å². The molecule has 0 saturated heterocycles. The average molecular weight is 637 g/mol. The molecule has 0 fully saturated rings. The van der Waals surface area contributed by atoms with E-state index in [4.69, 9.17) is 4.42 Å². The smallest absolute Gasteiger partial charge is 0.136 e. The maximum absolute atomic E-state index is 6.74. The highest BCUT2D eigenvalue weighted by atomic mass is 16.3. The van der Waals surface area contributed by atoms with E-state index in [2.05, 4.69) is 172 Å². The van der Waals surface area contributed by atoms with Gasteiger partial charge in [0, 0.05) is 16.2 Å². The van der Waals surface area contributed by atoms with E-state index in [0.717, 1.165) is 11.2 Å². The first kappa shape index (κ1) is 27.7. The summed E-state index contributed by atoms with van der Waals surface area (Å²) in [5.74, 6) is 0. The normalized spacial score (nSPS) is 13.6. The summed E-state index contributed by atoms with van der Waals surface area (Å²) in [6.07, 6.45) is 0. The highest BCUT2D eigenvalue weighted by Crippen LogP contribution is 2.52. The van der Waals surface area contributed by atoms with Gasteiger partial charge in [-0.05, 0) is 106 Å². The SMILES string of the molecule is CC1(C)c2ccccc2-c2ccc(-c3c4ccccc4c(-c4cc5oc6ccc7ccccc7c6c5c5ccccc45)c4ccccc34)cc21. The molecule has 0 amide bonds. The fourth-order valence-corrected chi connectivity index (χ4v) is 9.20. The molecule has 0 atom stereocenters. The number of furan rings is 1. The monoisotopic (exact) mass is 636 g/mol. The number of hydrogen-bond donors (Lipinski definition) is 0. The van der Waals surface area contributed by atoms with Crippen LogP contribution in [-0.4, -0.2) is 0 Å². The molecular formula is C49H32O. The highest BCUT2D eigenvalue weighted by molar-refractivity contribution is 6.31. The summed E-state index contributed by atoms with van der Waals surface area (Å²) in [5.41, 5.74) is 12.2. The Kier molecular flexibility index (Phi) is 5.51. The van der Waals surface area contributed by atoms with Gasteiger partial charge in [0.25, 0.3) is 0 Å². The van der Waals surface area contributed by atoms with Gasteiger partial charge in [0.15, 0.2) is 0 Å². The number of benzene rings is 9. The third-order valence-corrected chi connectivity index (χ3v) is 11.4. The second-order valence-corrected chi connectivity index (χ2v) is 14.4. The Balaban J connectivity index is 1.24. The van der Waals surface area contributed by atoms with Crippen LogP contribution in [0.15, 0.2) is 162 Å². The molecule has 1 aromatic heterocycles. The van der Waals surface area contributed by atoms with Gasteiger partial charge in [0.2, 0.25) is 0 Å². The molecule has 10 aromatic rings. The third kappa shape index (κ3) is 3.62. The van der Waals surface area contributed by atoms with Crippen molar-refractivity contribution in [2.24, 2.45) is 0 Å². The minimum Gasteiger partial charge on any atom is -0.456 e. The summed E-state index contributed by atoms with van der Waals surface area (Å²) < 4.78 is 6.74. The molecule has 1 heteroatoms. The molecule has 0 unspecified atom stereocenters. The first-order valence-electron chi connectivity index (χ1n) is 17.5. The van der Waals surface area contributed by atoms with Gasteiger partial charge in [0.05, 0.1) is 0 Å². The number of fused-ring (bicyclic) bond motifs is 12. The molecule has 11 rings (SSSR count). The lowest BCUT2D eigenvalue weighted by Gasteiger charge is -2.23. The Morgan fingerprint density at radius 2 is 0.940 bits per heavy atom. The van der Waals surface area contributed by atoms with Crippen molar-refractivity contribution in [3.8, 4) is 33.4 Å². The largest absolute Gasteiger partial charge is 0.456 e. The fourth-order valence-electron chi connectivity index (χ4n) is 9.20. The van der Waals surface area contributed by atoms with Crippen molar-refractivity contribution in [3.05, 3.63) is 169 Å². The minimum absolute atomic E-state index is 0.0697. The van der Waals surface area contributed by atoms with E-state index in [9.17, 15) is 0 Å². The van der Waals surface area contributed by atoms with Crippen LogP contribution in [0.3, 0.4) is 0 Å². The topological polar surface area (TPSA) is 13.1 Å². The Hall–Kier alpha value is -6.18. The zero-order valence-corrected chi connectivity index (χ0v) is 27.9. The van der Waals surface area contributed by atoms with E-state index in [1.807, 2.05) is 0 Å². The zero-order chi connectivity index (χ0) is 33.1. The van der Waals surface area contributed by atoms with Crippen LogP contribution in [0.4, 0.5) is 0 Å². The Morgan fingerprint density at radius 1 is 0.380 bits per heavy atom. The van der Waals surface area contributed by atoms with Gasteiger partial charge >= 0.3 is 0 Å². The van der Waals surface area contributed by atoms with Gasteiger partial charge in [-0.25, -0.2) is 0 Å². The molecule has 0 spiro atoms. The van der Waals surface area contributed by atoms with Gasteiger partial charge in [-0.3, -0.25) is 0 Å². The summed E-state index contributed by atoms with van der Waals surface area (Å²) in [4.78, 5) is 0. The van der Waals surface area contributed by atoms with Crippen LogP contribution >= 0.6 is 0 Å². The van der Waals surface area contributed by atoms with Crippen LogP contribution in [-0.2, 0) is 5.41 Å². The fraction of sp³-hybridized carbons (Fsp3) is 0.0612. The summed E-state index contributed by atoms with van der Waals surface area (Å²) in [7, 11) is 0. The van der Waals surface area contributed by atoms with Gasteiger partial charge in [-0.2, -0.15) is 0 Å². The quantitative estimate of drug-likeness (QED) is 0.172. The van der Waals surface area contributed by atoms with E-state index in [-0.39, 0.29) is 5.41 Å². The van der Waals surface area contributed by atoms with E-state index in [1.54, 1.807) is 0 Å². The molecule has 1 aliphatic carbocycles. The van der Waals surface area contributed by atoms with Crippen LogP contribution < -0.4 is 0 Å². The lowest BCUT2D eigenvalue weighted by Crippen LogP contribution is -2.14. The van der Waals surface area contributed by atoms with Gasteiger partial charge in [-0.1, -0.05) is 153 Å². The Morgan fingerprint density at radius 3 is 1.68 bits per heavy atom. The highest BCUT2D eigenvalue weighted by Gasteiger charge is 2.35. The summed E-state index contributed by atoms with van der Waals surface area (Å²) in [6.45, 7) is 4.73. The van der Waals surface area contributed by atoms with Crippen molar-refractivity contribution in [3.63, 3.8) is 0 Å². The van der Waals surface area contributed by atoms with Crippen LogP contribution in [0.5, 0.6) is 0 Å². The van der Waals surface area contributed by atoms with E-state index < -0.39 is 0 Å². The van der Waals surface area contributed by atoms with Crippen molar-refractivity contribution >= 4 is 65.0 Å². The zero-order valence-electron chi connectivity index (χ0n) is 27.9. The van der Waals surface area contributed by atoms with E-state index in [1.165, 1.54) is 98.4 Å². The molecule has 234 valence electrons. The van der Waals surface area contributed by atoms with Crippen LogP contribution in [0, 0.1) is 0 Å². The maximum Gasteiger partial charge on any atom is 0.136 e. The van der Waals surface area contributed by atoms with Crippen LogP contribution in [0.1, 0.15) is 25.0 Å². The lowest BCUT2D eigenvalue weighted by molar-refractivity contribution is 0.660. The van der Waals surface area contributed by atoms with Gasteiger partial charge in [0.1, 0.15) is 11.2 Å². The summed E-state index contributed by atoms with van der Waals surface area (Å²) in [5, 5.41) is 12.3. The molecular weight excluding hydrogens is 605 g/mol. The molecule has 50 heavy (non-hydrogen) atoms. The van der Waals surface area contributed by atoms with E-state index >= 15 is 0 Å². The second kappa shape index (κ2) is 9.94. The average Bonchev–Trinajstić information content (AvgIpc) is 3.66. The molecule has 0 N–H and O–H groups in total. The van der Waals surface area contributed by atoms with Crippen molar-refractivity contribution in [2.75, 3.05) is 0 Å². The molecule has 1 aliphatic rings. The molecule has 0 bridgehead atoms. The molecule has 0 saturated carbocycles. The van der Waals surface area contributed by atoms with Crippen molar-refractivity contribution in [1.29, 1.82) is 0 Å². The predicted molar refractivity (Wildman–Crippen MR) is 212 cm³/mol. The van der Waals surface area contributed by atoms with Gasteiger partial charge in [-0.15, -0.1) is 0 Å².